The number of halogens is 4. The Bertz CT molecular complexity index is 445. The van der Waals surface area contributed by atoms with Crippen LogP contribution in [0.4, 0.5) is 8.78 Å². The molecule has 0 bridgehead atoms. The molecule has 2 rings (SSSR count). The van der Waals surface area contributed by atoms with Crippen LogP contribution in [0.5, 0.6) is 5.75 Å². The SMILES string of the molecule is COc1ccc([C@H](CC(F)F)N2CCNCC2)cc1Br.Cl. The van der Waals surface area contributed by atoms with E-state index in [9.17, 15) is 8.78 Å². The highest BCUT2D eigenvalue weighted by Crippen LogP contribution is 2.33. The molecular formula is C14H20BrClF2N2O. The lowest BCUT2D eigenvalue weighted by atomic mass is 10.0. The molecule has 0 aliphatic carbocycles. The maximum absolute atomic E-state index is 12.9. The average Bonchev–Trinajstić information content (AvgIpc) is 2.45. The van der Waals surface area contributed by atoms with Gasteiger partial charge in [0, 0.05) is 38.6 Å². The van der Waals surface area contributed by atoms with E-state index in [1.807, 2.05) is 18.2 Å². The summed E-state index contributed by atoms with van der Waals surface area (Å²) in [6.45, 7) is 3.27. The molecule has 1 atom stereocenters. The molecule has 1 N–H and O–H groups in total. The highest BCUT2D eigenvalue weighted by atomic mass is 79.9. The molecular weight excluding hydrogens is 366 g/mol. The molecule has 0 unspecified atom stereocenters. The second-order valence-corrected chi connectivity index (χ2v) is 5.68. The number of alkyl halides is 2. The lowest BCUT2D eigenvalue weighted by molar-refractivity contribution is 0.0739. The third-order valence-corrected chi connectivity index (χ3v) is 4.17. The molecule has 0 saturated carbocycles. The van der Waals surface area contributed by atoms with Crippen LogP contribution in [0.3, 0.4) is 0 Å². The summed E-state index contributed by atoms with van der Waals surface area (Å²) < 4.78 is 31.8. The van der Waals surface area contributed by atoms with E-state index in [0.29, 0.717) is 5.75 Å². The van der Waals surface area contributed by atoms with Gasteiger partial charge in [0.2, 0.25) is 6.43 Å². The van der Waals surface area contributed by atoms with Gasteiger partial charge in [0.25, 0.3) is 0 Å². The Kier molecular flexibility index (Phi) is 7.87. The topological polar surface area (TPSA) is 24.5 Å². The maximum Gasteiger partial charge on any atom is 0.240 e. The standard InChI is InChI=1S/C14H19BrF2N2O.ClH/c1-20-13-3-2-10(8-11(13)15)12(9-14(16)17)19-6-4-18-5-7-19;/h2-3,8,12,14,18H,4-7,9H2,1H3;1H/t12-;/m0./s1. The molecule has 0 aromatic heterocycles. The first-order valence-corrected chi connectivity index (χ1v) is 7.47. The molecule has 0 radical (unpaired) electrons. The summed E-state index contributed by atoms with van der Waals surface area (Å²) in [5.41, 5.74) is 0.903. The lowest BCUT2D eigenvalue weighted by Crippen LogP contribution is -2.45. The van der Waals surface area contributed by atoms with E-state index in [-0.39, 0.29) is 24.9 Å². The van der Waals surface area contributed by atoms with E-state index in [0.717, 1.165) is 36.2 Å². The molecule has 1 fully saturated rings. The number of hydrogen-bond acceptors (Lipinski definition) is 3. The molecule has 7 heteroatoms. The van der Waals surface area contributed by atoms with Crippen LogP contribution in [0.25, 0.3) is 0 Å². The van der Waals surface area contributed by atoms with Crippen LogP contribution in [0.15, 0.2) is 22.7 Å². The maximum atomic E-state index is 12.9. The monoisotopic (exact) mass is 384 g/mol. The number of hydrogen-bond donors (Lipinski definition) is 1. The Morgan fingerprint density at radius 2 is 2.00 bits per heavy atom. The van der Waals surface area contributed by atoms with Gasteiger partial charge in [-0.15, -0.1) is 12.4 Å². The fraction of sp³-hybridized carbons (Fsp3) is 0.571. The lowest BCUT2D eigenvalue weighted by Gasteiger charge is -2.35. The molecule has 3 nitrogen and oxygen atoms in total. The predicted octanol–water partition coefficient (Wildman–Crippen LogP) is 3.48. The number of piperazine rings is 1. The van der Waals surface area contributed by atoms with Gasteiger partial charge in [-0.05, 0) is 33.6 Å². The summed E-state index contributed by atoms with van der Waals surface area (Å²) >= 11 is 3.42. The second-order valence-electron chi connectivity index (χ2n) is 4.82. The summed E-state index contributed by atoms with van der Waals surface area (Å²) in [4.78, 5) is 2.12. The molecule has 120 valence electrons. The summed E-state index contributed by atoms with van der Waals surface area (Å²) in [7, 11) is 1.59. The van der Waals surface area contributed by atoms with Crippen molar-refractivity contribution in [2.75, 3.05) is 33.3 Å². The molecule has 0 spiro atoms. The summed E-state index contributed by atoms with van der Waals surface area (Å²) in [5, 5.41) is 3.25. The number of methoxy groups -OCH3 is 1. The minimum absolute atomic E-state index is 0. The van der Waals surface area contributed by atoms with Crippen LogP contribution in [0.2, 0.25) is 0 Å². The largest absolute Gasteiger partial charge is 0.496 e. The van der Waals surface area contributed by atoms with Gasteiger partial charge in [0.1, 0.15) is 5.75 Å². The molecule has 1 heterocycles. The van der Waals surface area contributed by atoms with E-state index in [1.165, 1.54) is 0 Å². The minimum atomic E-state index is -2.31. The quantitative estimate of drug-likeness (QED) is 0.840. The first-order valence-electron chi connectivity index (χ1n) is 6.68. The van der Waals surface area contributed by atoms with Crippen LogP contribution < -0.4 is 10.1 Å². The summed E-state index contributed by atoms with van der Waals surface area (Å²) in [6, 6.07) is 5.33. The van der Waals surface area contributed by atoms with E-state index in [1.54, 1.807) is 7.11 Å². The number of ether oxygens (including phenoxy) is 1. The third-order valence-electron chi connectivity index (χ3n) is 3.55. The molecule has 1 aromatic rings. The Morgan fingerprint density at radius 3 is 2.52 bits per heavy atom. The van der Waals surface area contributed by atoms with Gasteiger partial charge in [-0.2, -0.15) is 0 Å². The van der Waals surface area contributed by atoms with Crippen LogP contribution in [0, 0.1) is 0 Å². The van der Waals surface area contributed by atoms with Crippen molar-refractivity contribution in [3.05, 3.63) is 28.2 Å². The zero-order valence-corrected chi connectivity index (χ0v) is 14.2. The van der Waals surface area contributed by atoms with Crippen molar-refractivity contribution in [2.45, 2.75) is 18.9 Å². The fourth-order valence-electron chi connectivity index (χ4n) is 2.55. The van der Waals surface area contributed by atoms with Gasteiger partial charge in [0.05, 0.1) is 11.6 Å². The van der Waals surface area contributed by atoms with Crippen molar-refractivity contribution in [3.63, 3.8) is 0 Å². The van der Waals surface area contributed by atoms with Gasteiger partial charge >= 0.3 is 0 Å². The van der Waals surface area contributed by atoms with Crippen LogP contribution in [-0.4, -0.2) is 44.6 Å². The first-order chi connectivity index (χ1) is 9.61. The first kappa shape index (κ1) is 18.6. The molecule has 1 aliphatic heterocycles. The normalized spacial score (nSPS) is 17.4. The number of nitrogens with one attached hydrogen (secondary N) is 1. The number of nitrogens with zero attached hydrogens (tertiary/aromatic N) is 1. The molecule has 1 aliphatic rings. The van der Waals surface area contributed by atoms with Gasteiger partial charge in [-0.1, -0.05) is 6.07 Å². The Morgan fingerprint density at radius 1 is 1.33 bits per heavy atom. The van der Waals surface area contributed by atoms with Crippen LogP contribution in [-0.2, 0) is 0 Å². The minimum Gasteiger partial charge on any atom is -0.496 e. The Hall–Kier alpha value is -0.430. The van der Waals surface area contributed by atoms with Gasteiger partial charge < -0.3 is 10.1 Å². The summed E-state index contributed by atoms with van der Waals surface area (Å²) in [5.74, 6) is 0.713. The highest BCUT2D eigenvalue weighted by Gasteiger charge is 2.25. The van der Waals surface area contributed by atoms with E-state index < -0.39 is 6.43 Å². The zero-order valence-electron chi connectivity index (χ0n) is 11.8. The van der Waals surface area contributed by atoms with Gasteiger partial charge in [-0.25, -0.2) is 8.78 Å². The highest BCUT2D eigenvalue weighted by molar-refractivity contribution is 9.10. The molecule has 21 heavy (non-hydrogen) atoms. The van der Waals surface area contributed by atoms with Crippen molar-refractivity contribution in [3.8, 4) is 5.75 Å². The smallest absolute Gasteiger partial charge is 0.240 e. The Balaban J connectivity index is 0.00000220. The van der Waals surface area contributed by atoms with Crippen molar-refractivity contribution < 1.29 is 13.5 Å². The fourth-order valence-corrected chi connectivity index (χ4v) is 3.11. The average molecular weight is 386 g/mol. The van der Waals surface area contributed by atoms with Crippen molar-refractivity contribution >= 4 is 28.3 Å². The number of benzene rings is 1. The van der Waals surface area contributed by atoms with E-state index in [2.05, 4.69) is 26.1 Å². The Labute approximate surface area is 138 Å². The van der Waals surface area contributed by atoms with Gasteiger partial charge in [-0.3, -0.25) is 4.90 Å². The van der Waals surface area contributed by atoms with Crippen molar-refractivity contribution in [1.82, 2.24) is 10.2 Å². The molecule has 1 saturated heterocycles. The van der Waals surface area contributed by atoms with Gasteiger partial charge in [0.15, 0.2) is 0 Å². The third kappa shape index (κ3) is 5.06. The van der Waals surface area contributed by atoms with E-state index in [4.69, 9.17) is 4.74 Å². The predicted molar refractivity (Wildman–Crippen MR) is 85.7 cm³/mol. The number of rotatable bonds is 5. The van der Waals surface area contributed by atoms with Crippen molar-refractivity contribution in [1.29, 1.82) is 0 Å². The molecule has 1 aromatic carbocycles. The van der Waals surface area contributed by atoms with Crippen LogP contribution in [0.1, 0.15) is 18.0 Å². The van der Waals surface area contributed by atoms with Crippen molar-refractivity contribution in [2.24, 2.45) is 0 Å². The van der Waals surface area contributed by atoms with E-state index >= 15 is 0 Å². The second kappa shape index (κ2) is 8.88. The molecule has 0 amide bonds. The zero-order chi connectivity index (χ0) is 14.5. The van der Waals surface area contributed by atoms with Crippen LogP contribution >= 0.6 is 28.3 Å². The summed E-state index contributed by atoms with van der Waals surface area (Å²) in [6.07, 6.45) is -2.45.